The number of aromatic nitrogens is 4. The molecule has 3 heterocycles. The summed E-state index contributed by atoms with van der Waals surface area (Å²) in [5.74, 6) is 1.32. The summed E-state index contributed by atoms with van der Waals surface area (Å²) in [6, 6.07) is 5.51. The van der Waals surface area contributed by atoms with Crippen molar-refractivity contribution in [3.8, 4) is 11.5 Å². The lowest BCUT2D eigenvalue weighted by Gasteiger charge is -2.17. The van der Waals surface area contributed by atoms with Gasteiger partial charge in [0.1, 0.15) is 11.4 Å². The lowest BCUT2D eigenvalue weighted by molar-refractivity contribution is 0.0946. The average molecular weight is 337 g/mol. The molecule has 25 heavy (non-hydrogen) atoms. The molecule has 3 aromatic rings. The maximum atomic E-state index is 11.8. The Bertz CT molecular complexity index is 967. The van der Waals surface area contributed by atoms with Gasteiger partial charge in [0.25, 0.3) is 11.8 Å². The molecule has 0 saturated carbocycles. The summed E-state index contributed by atoms with van der Waals surface area (Å²) in [6.45, 7) is 2.35. The first-order valence-corrected chi connectivity index (χ1v) is 7.71. The number of carbonyl (C=O) groups excluding carboxylic acids is 1. The fourth-order valence-electron chi connectivity index (χ4n) is 2.66. The van der Waals surface area contributed by atoms with Gasteiger partial charge in [-0.3, -0.25) is 4.79 Å². The highest BCUT2D eigenvalue weighted by Gasteiger charge is 2.17. The monoisotopic (exact) mass is 337 g/mol. The van der Waals surface area contributed by atoms with Crippen LogP contribution in [0, 0.1) is 6.92 Å². The maximum Gasteiger partial charge on any atom is 0.263 e. The maximum absolute atomic E-state index is 11.8. The SMILES string of the molecule is Cc1noc(-c2cnc(Nc3ccc4c(c3)CCNC4=O)nc2N)n1. The van der Waals surface area contributed by atoms with E-state index in [0.717, 1.165) is 17.7 Å². The van der Waals surface area contributed by atoms with Gasteiger partial charge >= 0.3 is 0 Å². The van der Waals surface area contributed by atoms with Crippen molar-refractivity contribution < 1.29 is 9.32 Å². The lowest BCUT2D eigenvalue weighted by Crippen LogP contribution is -2.31. The number of nitrogens with zero attached hydrogens (tertiary/aromatic N) is 4. The number of hydrogen-bond donors (Lipinski definition) is 3. The molecule has 0 aliphatic carbocycles. The molecule has 0 atom stereocenters. The minimum absolute atomic E-state index is 0.0486. The fourth-order valence-corrected chi connectivity index (χ4v) is 2.66. The number of hydrogen-bond acceptors (Lipinski definition) is 8. The van der Waals surface area contributed by atoms with Crippen molar-refractivity contribution in [3.05, 3.63) is 41.3 Å². The van der Waals surface area contributed by atoms with Crippen LogP contribution in [-0.2, 0) is 6.42 Å². The molecule has 4 N–H and O–H groups in total. The zero-order chi connectivity index (χ0) is 17.4. The third-order valence-electron chi connectivity index (χ3n) is 3.86. The second-order valence-corrected chi connectivity index (χ2v) is 5.64. The van der Waals surface area contributed by atoms with Gasteiger partial charge in [0.15, 0.2) is 5.82 Å². The van der Waals surface area contributed by atoms with Crippen LogP contribution < -0.4 is 16.4 Å². The molecular weight excluding hydrogens is 322 g/mol. The molecule has 1 aliphatic rings. The summed E-state index contributed by atoms with van der Waals surface area (Å²) in [5, 5.41) is 9.64. The number of benzene rings is 1. The van der Waals surface area contributed by atoms with Crippen molar-refractivity contribution in [1.82, 2.24) is 25.4 Å². The van der Waals surface area contributed by atoms with Gasteiger partial charge in [0.05, 0.1) is 0 Å². The molecule has 0 spiro atoms. The molecule has 0 unspecified atom stereocenters. The van der Waals surface area contributed by atoms with Crippen molar-refractivity contribution in [1.29, 1.82) is 0 Å². The van der Waals surface area contributed by atoms with Crippen molar-refractivity contribution >= 4 is 23.4 Å². The second kappa shape index (κ2) is 5.86. The molecule has 126 valence electrons. The molecule has 0 radical (unpaired) electrons. The number of aryl methyl sites for hydroxylation is 1. The number of anilines is 3. The zero-order valence-corrected chi connectivity index (χ0v) is 13.4. The minimum atomic E-state index is -0.0486. The zero-order valence-electron chi connectivity index (χ0n) is 13.4. The largest absolute Gasteiger partial charge is 0.383 e. The highest BCUT2D eigenvalue weighted by atomic mass is 16.5. The normalized spacial score (nSPS) is 13.2. The standard InChI is InChI=1S/C16H15N7O2/c1-8-20-15(25-23-8)12-7-19-16(22-13(12)17)21-10-2-3-11-9(6-10)4-5-18-14(11)24/h2-3,6-7H,4-5H2,1H3,(H,18,24)(H3,17,19,21,22). The van der Waals surface area contributed by atoms with Crippen LogP contribution in [0.15, 0.2) is 28.9 Å². The van der Waals surface area contributed by atoms with Gasteiger partial charge in [-0.15, -0.1) is 0 Å². The molecule has 2 aromatic heterocycles. The summed E-state index contributed by atoms with van der Waals surface area (Å²) in [4.78, 5) is 24.4. The highest BCUT2D eigenvalue weighted by Crippen LogP contribution is 2.25. The number of amides is 1. The lowest BCUT2D eigenvalue weighted by atomic mass is 10.00. The average Bonchev–Trinajstić information content (AvgIpc) is 3.01. The van der Waals surface area contributed by atoms with Gasteiger partial charge in [-0.25, -0.2) is 4.98 Å². The Morgan fingerprint density at radius 3 is 2.92 bits per heavy atom. The molecule has 0 fully saturated rings. The molecule has 4 rings (SSSR count). The Morgan fingerprint density at radius 1 is 1.28 bits per heavy atom. The number of fused-ring (bicyclic) bond motifs is 1. The van der Waals surface area contributed by atoms with E-state index in [1.807, 2.05) is 6.07 Å². The molecule has 0 saturated heterocycles. The van der Waals surface area contributed by atoms with E-state index < -0.39 is 0 Å². The van der Waals surface area contributed by atoms with Crippen LogP contribution in [0.25, 0.3) is 11.5 Å². The van der Waals surface area contributed by atoms with E-state index in [9.17, 15) is 4.79 Å². The molecule has 0 bridgehead atoms. The van der Waals surface area contributed by atoms with Crippen LogP contribution in [-0.4, -0.2) is 32.6 Å². The van der Waals surface area contributed by atoms with Crippen molar-refractivity contribution in [2.24, 2.45) is 0 Å². The molecule has 1 aromatic carbocycles. The van der Waals surface area contributed by atoms with Crippen LogP contribution in [0.4, 0.5) is 17.5 Å². The van der Waals surface area contributed by atoms with Crippen LogP contribution in [0.2, 0.25) is 0 Å². The number of nitrogen functional groups attached to an aromatic ring is 1. The van der Waals surface area contributed by atoms with Gasteiger partial charge in [0, 0.05) is 24.0 Å². The van der Waals surface area contributed by atoms with E-state index in [2.05, 4.69) is 30.7 Å². The van der Waals surface area contributed by atoms with Crippen LogP contribution in [0.1, 0.15) is 21.7 Å². The molecule has 1 amide bonds. The Morgan fingerprint density at radius 2 is 2.16 bits per heavy atom. The fraction of sp³-hybridized carbons (Fsp3) is 0.188. The van der Waals surface area contributed by atoms with Gasteiger partial charge in [0.2, 0.25) is 5.95 Å². The summed E-state index contributed by atoms with van der Waals surface area (Å²) in [7, 11) is 0. The minimum Gasteiger partial charge on any atom is -0.383 e. The van der Waals surface area contributed by atoms with Crippen LogP contribution in [0.3, 0.4) is 0 Å². The Kier molecular flexibility index (Phi) is 3.53. The van der Waals surface area contributed by atoms with Gasteiger partial charge in [-0.05, 0) is 37.1 Å². The van der Waals surface area contributed by atoms with E-state index in [1.54, 1.807) is 19.1 Å². The van der Waals surface area contributed by atoms with Crippen molar-refractivity contribution in [3.63, 3.8) is 0 Å². The highest BCUT2D eigenvalue weighted by molar-refractivity contribution is 5.97. The third kappa shape index (κ3) is 2.87. The van der Waals surface area contributed by atoms with Crippen molar-refractivity contribution in [2.75, 3.05) is 17.6 Å². The van der Waals surface area contributed by atoms with Crippen LogP contribution in [0.5, 0.6) is 0 Å². The third-order valence-corrected chi connectivity index (χ3v) is 3.86. The topological polar surface area (TPSA) is 132 Å². The van der Waals surface area contributed by atoms with Gasteiger partial charge in [-0.1, -0.05) is 5.16 Å². The van der Waals surface area contributed by atoms with E-state index in [4.69, 9.17) is 10.3 Å². The number of rotatable bonds is 3. The summed E-state index contributed by atoms with van der Waals surface area (Å²) in [6.07, 6.45) is 2.32. The summed E-state index contributed by atoms with van der Waals surface area (Å²) < 4.78 is 5.08. The predicted molar refractivity (Wildman–Crippen MR) is 90.2 cm³/mol. The van der Waals surface area contributed by atoms with Gasteiger partial charge in [-0.2, -0.15) is 9.97 Å². The Hall–Kier alpha value is -3.49. The van der Waals surface area contributed by atoms with E-state index in [1.165, 1.54) is 6.20 Å². The predicted octanol–water partition coefficient (Wildman–Crippen LogP) is 1.45. The number of nitrogens with one attached hydrogen (secondary N) is 2. The Balaban J connectivity index is 1.59. The molecular formula is C16H15N7O2. The number of carbonyl (C=O) groups is 1. The Labute approximate surface area is 142 Å². The smallest absolute Gasteiger partial charge is 0.263 e. The van der Waals surface area contributed by atoms with Gasteiger partial charge < -0.3 is 20.9 Å². The first-order valence-electron chi connectivity index (χ1n) is 7.71. The van der Waals surface area contributed by atoms with Crippen molar-refractivity contribution in [2.45, 2.75) is 13.3 Å². The first-order chi connectivity index (χ1) is 12.1. The quantitative estimate of drug-likeness (QED) is 0.654. The number of nitrogens with two attached hydrogens (primary N) is 1. The van der Waals surface area contributed by atoms with Crippen LogP contribution >= 0.6 is 0 Å². The summed E-state index contributed by atoms with van der Waals surface area (Å²) >= 11 is 0. The van der Waals surface area contributed by atoms with E-state index in [-0.39, 0.29) is 17.6 Å². The second-order valence-electron chi connectivity index (χ2n) is 5.64. The molecule has 1 aliphatic heterocycles. The first kappa shape index (κ1) is 15.1. The molecule has 9 nitrogen and oxygen atoms in total. The van der Waals surface area contributed by atoms with E-state index in [0.29, 0.717) is 29.4 Å². The summed E-state index contributed by atoms with van der Waals surface area (Å²) in [5.41, 5.74) is 8.92. The van der Waals surface area contributed by atoms with E-state index >= 15 is 0 Å². The molecule has 9 heteroatoms.